The molecule has 25 heavy (non-hydrogen) atoms. The predicted octanol–water partition coefficient (Wildman–Crippen LogP) is 3.60. The number of carbonyl (C=O) groups excluding carboxylic acids is 1. The van der Waals surface area contributed by atoms with Crippen molar-refractivity contribution in [3.8, 4) is 0 Å². The van der Waals surface area contributed by atoms with Gasteiger partial charge in [0.05, 0.1) is 17.8 Å². The lowest BCUT2D eigenvalue weighted by Crippen LogP contribution is -2.42. The summed E-state index contributed by atoms with van der Waals surface area (Å²) in [6.07, 6.45) is 2.95. The van der Waals surface area contributed by atoms with Crippen LogP contribution in [-0.2, 0) is 0 Å². The van der Waals surface area contributed by atoms with Crippen LogP contribution >= 0.6 is 11.3 Å². The van der Waals surface area contributed by atoms with Crippen molar-refractivity contribution < 1.29 is 9.90 Å². The second-order valence-corrected chi connectivity index (χ2v) is 7.37. The van der Waals surface area contributed by atoms with Gasteiger partial charge in [0.15, 0.2) is 0 Å². The van der Waals surface area contributed by atoms with Crippen LogP contribution in [0.15, 0.2) is 41.9 Å². The molecule has 0 spiro atoms. The largest absolute Gasteiger partial charge is 0.387 e. The maximum Gasteiger partial charge on any atom is 0.321 e. The summed E-state index contributed by atoms with van der Waals surface area (Å²) in [5.74, 6) is 0.212. The summed E-state index contributed by atoms with van der Waals surface area (Å²) in [5, 5.41) is 23.3. The van der Waals surface area contributed by atoms with Crippen molar-refractivity contribution in [2.24, 2.45) is 5.92 Å². The van der Waals surface area contributed by atoms with Gasteiger partial charge in [-0.15, -0.1) is 11.3 Å². The molecule has 2 amide bonds. The summed E-state index contributed by atoms with van der Waals surface area (Å²) in [6, 6.07) is 9.53. The molecule has 0 aliphatic carbocycles. The SMILES string of the molecule is O=C(Nc1ccc2cn[nH]c2c1)N1CCC(C(O)c2cccs2)CC1. The highest BCUT2D eigenvalue weighted by Crippen LogP contribution is 2.33. The smallest absolute Gasteiger partial charge is 0.321 e. The molecule has 3 N–H and O–H groups in total. The maximum atomic E-state index is 12.5. The number of hydrogen-bond acceptors (Lipinski definition) is 4. The van der Waals surface area contributed by atoms with Crippen molar-refractivity contribution in [2.75, 3.05) is 18.4 Å². The van der Waals surface area contributed by atoms with Crippen molar-refractivity contribution in [1.82, 2.24) is 15.1 Å². The highest BCUT2D eigenvalue weighted by Gasteiger charge is 2.28. The van der Waals surface area contributed by atoms with Gasteiger partial charge in [0.2, 0.25) is 0 Å². The van der Waals surface area contributed by atoms with E-state index in [2.05, 4.69) is 15.5 Å². The number of H-pyrrole nitrogens is 1. The van der Waals surface area contributed by atoms with Gasteiger partial charge in [0, 0.05) is 29.0 Å². The van der Waals surface area contributed by atoms with Crippen LogP contribution in [0, 0.1) is 5.92 Å². The van der Waals surface area contributed by atoms with Gasteiger partial charge in [0.1, 0.15) is 0 Å². The van der Waals surface area contributed by atoms with E-state index >= 15 is 0 Å². The number of likely N-dealkylation sites (tertiary alicyclic amines) is 1. The third-order valence-electron chi connectivity index (χ3n) is 4.80. The Morgan fingerprint density at radius 3 is 2.96 bits per heavy atom. The van der Waals surface area contributed by atoms with Crippen molar-refractivity contribution in [3.05, 3.63) is 46.8 Å². The fraction of sp³-hybridized carbons (Fsp3) is 0.333. The van der Waals surface area contributed by atoms with Crippen molar-refractivity contribution >= 4 is 34.0 Å². The van der Waals surface area contributed by atoms with Crippen LogP contribution in [0.5, 0.6) is 0 Å². The standard InChI is InChI=1S/C18H20N4O2S/c23-17(16-2-1-9-25-16)12-5-7-22(8-6-12)18(24)20-14-4-3-13-11-19-21-15(13)10-14/h1-4,9-12,17,23H,5-8H2,(H,19,21)(H,20,24). The molecule has 1 atom stereocenters. The molecule has 130 valence electrons. The number of thiophene rings is 1. The summed E-state index contributed by atoms with van der Waals surface area (Å²) in [5.41, 5.74) is 1.65. The molecule has 1 aliphatic rings. The quantitative estimate of drug-likeness (QED) is 0.671. The Labute approximate surface area is 149 Å². The highest BCUT2D eigenvalue weighted by molar-refractivity contribution is 7.10. The number of urea groups is 1. The Hall–Kier alpha value is -2.38. The van der Waals surface area contributed by atoms with E-state index in [4.69, 9.17) is 0 Å². The molecule has 1 aliphatic heterocycles. The highest BCUT2D eigenvalue weighted by atomic mass is 32.1. The van der Waals surface area contributed by atoms with E-state index < -0.39 is 6.10 Å². The topological polar surface area (TPSA) is 81.2 Å². The van der Waals surface area contributed by atoms with Gasteiger partial charge in [0.25, 0.3) is 0 Å². The average Bonchev–Trinajstić information content (AvgIpc) is 3.32. The minimum absolute atomic E-state index is 0.0945. The summed E-state index contributed by atoms with van der Waals surface area (Å²) in [4.78, 5) is 15.3. The van der Waals surface area contributed by atoms with Crippen LogP contribution in [0.2, 0.25) is 0 Å². The number of anilines is 1. The number of aromatic nitrogens is 2. The van der Waals surface area contributed by atoms with E-state index in [1.807, 2.05) is 40.6 Å². The molecule has 7 heteroatoms. The van der Waals surface area contributed by atoms with E-state index in [1.54, 1.807) is 17.5 Å². The van der Waals surface area contributed by atoms with Crippen LogP contribution in [0.3, 0.4) is 0 Å². The number of fused-ring (bicyclic) bond motifs is 1. The van der Waals surface area contributed by atoms with Crippen LogP contribution in [0.4, 0.5) is 10.5 Å². The van der Waals surface area contributed by atoms with Crippen LogP contribution < -0.4 is 5.32 Å². The third-order valence-corrected chi connectivity index (χ3v) is 5.74. The Balaban J connectivity index is 1.34. The third kappa shape index (κ3) is 3.38. The number of benzene rings is 1. The van der Waals surface area contributed by atoms with Crippen molar-refractivity contribution in [3.63, 3.8) is 0 Å². The Morgan fingerprint density at radius 1 is 1.36 bits per heavy atom. The van der Waals surface area contributed by atoms with Crippen LogP contribution in [0.25, 0.3) is 10.9 Å². The first-order chi connectivity index (χ1) is 12.2. The Morgan fingerprint density at radius 2 is 2.20 bits per heavy atom. The number of hydrogen-bond donors (Lipinski definition) is 3. The lowest BCUT2D eigenvalue weighted by Gasteiger charge is -2.34. The molecule has 6 nitrogen and oxygen atoms in total. The van der Waals surface area contributed by atoms with Crippen molar-refractivity contribution in [2.45, 2.75) is 18.9 Å². The Bertz CT molecular complexity index is 853. The lowest BCUT2D eigenvalue weighted by molar-refractivity contribution is 0.0708. The molecule has 0 bridgehead atoms. The first kappa shape index (κ1) is 16.1. The van der Waals surface area contributed by atoms with Gasteiger partial charge < -0.3 is 15.3 Å². The minimum atomic E-state index is -0.423. The average molecular weight is 356 g/mol. The zero-order valence-corrected chi connectivity index (χ0v) is 14.5. The molecule has 2 aromatic heterocycles. The van der Waals surface area contributed by atoms with Gasteiger partial charge in [-0.2, -0.15) is 5.10 Å². The second kappa shape index (κ2) is 6.85. The molecular weight excluding hydrogens is 336 g/mol. The second-order valence-electron chi connectivity index (χ2n) is 6.39. The summed E-state index contributed by atoms with van der Waals surface area (Å²) in [6.45, 7) is 1.32. The van der Waals surface area contributed by atoms with Gasteiger partial charge in [-0.05, 0) is 48.4 Å². The first-order valence-electron chi connectivity index (χ1n) is 8.41. The number of aliphatic hydroxyl groups is 1. The number of aliphatic hydroxyl groups excluding tert-OH is 1. The number of nitrogens with zero attached hydrogens (tertiary/aromatic N) is 2. The number of amides is 2. The molecule has 3 heterocycles. The molecule has 0 radical (unpaired) electrons. The zero-order valence-electron chi connectivity index (χ0n) is 13.7. The van der Waals surface area contributed by atoms with Gasteiger partial charge in [-0.1, -0.05) is 6.07 Å². The molecule has 1 unspecified atom stereocenters. The molecule has 3 aromatic rings. The lowest BCUT2D eigenvalue weighted by atomic mass is 9.90. The molecule has 0 saturated carbocycles. The van der Waals surface area contributed by atoms with Gasteiger partial charge in [-0.25, -0.2) is 4.79 Å². The fourth-order valence-corrected chi connectivity index (χ4v) is 4.13. The molecule has 1 aromatic carbocycles. The molecule has 1 saturated heterocycles. The summed E-state index contributed by atoms with van der Waals surface area (Å²) >= 11 is 1.58. The molecule has 1 fully saturated rings. The van der Waals surface area contributed by atoms with Crippen molar-refractivity contribution in [1.29, 1.82) is 0 Å². The summed E-state index contributed by atoms with van der Waals surface area (Å²) < 4.78 is 0. The van der Waals surface area contributed by atoms with E-state index in [-0.39, 0.29) is 11.9 Å². The minimum Gasteiger partial charge on any atom is -0.387 e. The van der Waals surface area contributed by atoms with Gasteiger partial charge in [-0.3, -0.25) is 5.10 Å². The Kier molecular flexibility index (Phi) is 4.42. The number of carbonyl (C=O) groups is 1. The fourth-order valence-electron chi connectivity index (χ4n) is 3.33. The van der Waals surface area contributed by atoms with Crippen LogP contribution in [-0.4, -0.2) is 39.3 Å². The predicted molar refractivity (Wildman–Crippen MR) is 98.7 cm³/mol. The molecular formula is C18H20N4O2S. The summed E-state index contributed by atoms with van der Waals surface area (Å²) in [7, 11) is 0. The number of piperidine rings is 1. The molecule has 4 rings (SSSR count). The number of rotatable bonds is 3. The van der Waals surface area contributed by atoms with E-state index in [0.717, 1.165) is 34.3 Å². The normalized spacial score (nSPS) is 16.9. The first-order valence-corrected chi connectivity index (χ1v) is 9.29. The van der Waals surface area contributed by atoms with Gasteiger partial charge >= 0.3 is 6.03 Å². The monoisotopic (exact) mass is 356 g/mol. The number of aromatic amines is 1. The van der Waals surface area contributed by atoms with E-state index in [1.165, 1.54) is 0 Å². The van der Waals surface area contributed by atoms with Crippen LogP contribution in [0.1, 0.15) is 23.8 Å². The van der Waals surface area contributed by atoms with E-state index in [0.29, 0.717) is 13.1 Å². The maximum absolute atomic E-state index is 12.5. The van der Waals surface area contributed by atoms with E-state index in [9.17, 15) is 9.90 Å². The zero-order chi connectivity index (χ0) is 17.2. The number of nitrogens with one attached hydrogen (secondary N) is 2.